The quantitative estimate of drug-likeness (QED) is 0.312. The number of carbonyl (C=O) groups excluding carboxylic acids is 2. The van der Waals surface area contributed by atoms with E-state index in [0.717, 1.165) is 70.6 Å². The lowest BCUT2D eigenvalue weighted by molar-refractivity contribution is -0.123. The number of piperazine rings is 2. The molecule has 1 saturated carbocycles. The van der Waals surface area contributed by atoms with Gasteiger partial charge in [0.25, 0.3) is 0 Å². The minimum Gasteiger partial charge on any atom is -0.368 e. The number of hydrogen-bond acceptors (Lipinski definition) is 8. The van der Waals surface area contributed by atoms with Gasteiger partial charge in [0.05, 0.1) is 36.9 Å². The fraction of sp³-hybridized carbons (Fsp3) is 0.667. The first-order chi connectivity index (χ1) is 25.0. The Bertz CT molecular complexity index is 1450. The highest BCUT2D eigenvalue weighted by molar-refractivity contribution is 5.78. The van der Waals surface area contributed by atoms with Crippen molar-refractivity contribution < 1.29 is 9.59 Å². The van der Waals surface area contributed by atoms with Crippen LogP contribution in [-0.2, 0) is 9.59 Å². The van der Waals surface area contributed by atoms with Crippen molar-refractivity contribution in [3.63, 3.8) is 0 Å². The van der Waals surface area contributed by atoms with Gasteiger partial charge >= 0.3 is 0 Å². The van der Waals surface area contributed by atoms with E-state index in [1.165, 1.54) is 66.6 Å². The SMILES string of the molecule is CC1CC=C(c2cncc(N3CCN(CC(=O)NC(C)C)CC3)c2)CC1.CC1CCC(c2cncc(N3CCN(CC(=O)NC(C)C)CC3)c2)CC1. The van der Waals surface area contributed by atoms with Gasteiger partial charge in [-0.15, -0.1) is 0 Å². The molecule has 0 aromatic carbocycles. The summed E-state index contributed by atoms with van der Waals surface area (Å²) in [5, 5.41) is 5.94. The van der Waals surface area contributed by atoms with Crippen LogP contribution in [0.3, 0.4) is 0 Å². The van der Waals surface area contributed by atoms with Gasteiger partial charge in [0.2, 0.25) is 11.8 Å². The summed E-state index contributed by atoms with van der Waals surface area (Å²) in [6.07, 6.45) is 19.3. The summed E-state index contributed by atoms with van der Waals surface area (Å²) in [5.41, 5.74) is 6.57. The molecule has 4 aliphatic rings. The second-order valence-electron chi connectivity index (χ2n) is 16.4. The van der Waals surface area contributed by atoms with Crippen LogP contribution in [0, 0.1) is 11.8 Å². The topological polar surface area (TPSA) is 96.9 Å². The van der Waals surface area contributed by atoms with Gasteiger partial charge in [-0.05, 0) is 106 Å². The number of allylic oxidation sites excluding steroid dienone is 2. The van der Waals surface area contributed by atoms with Crippen molar-refractivity contribution in [3.8, 4) is 0 Å². The Morgan fingerprint density at radius 2 is 1.19 bits per heavy atom. The monoisotopic (exact) mass is 715 g/mol. The minimum atomic E-state index is 0.121. The average Bonchev–Trinajstić information content (AvgIpc) is 3.12. The summed E-state index contributed by atoms with van der Waals surface area (Å²) in [6.45, 7) is 21.2. The number of anilines is 2. The number of hydrogen-bond donors (Lipinski definition) is 2. The van der Waals surface area contributed by atoms with Gasteiger partial charge in [-0.25, -0.2) is 0 Å². The molecule has 10 heteroatoms. The molecule has 2 aliphatic heterocycles. The van der Waals surface area contributed by atoms with Crippen LogP contribution in [0.5, 0.6) is 0 Å². The van der Waals surface area contributed by atoms with Crippen molar-refractivity contribution in [1.29, 1.82) is 0 Å². The van der Waals surface area contributed by atoms with Crippen molar-refractivity contribution in [3.05, 3.63) is 54.1 Å². The molecule has 3 fully saturated rings. The van der Waals surface area contributed by atoms with Crippen LogP contribution >= 0.6 is 0 Å². The average molecular weight is 715 g/mol. The first-order valence-electron chi connectivity index (χ1n) is 20.1. The second kappa shape index (κ2) is 19.5. The molecule has 2 aromatic heterocycles. The largest absolute Gasteiger partial charge is 0.368 e. The lowest BCUT2D eigenvalue weighted by atomic mass is 9.80. The summed E-state index contributed by atoms with van der Waals surface area (Å²) in [6, 6.07) is 5.06. The van der Waals surface area contributed by atoms with Gasteiger partial charge in [-0.3, -0.25) is 29.4 Å². The molecular formula is C42H66N8O2. The maximum Gasteiger partial charge on any atom is 0.234 e. The molecule has 0 radical (unpaired) electrons. The Morgan fingerprint density at radius 3 is 1.69 bits per heavy atom. The van der Waals surface area contributed by atoms with Gasteiger partial charge in [0, 0.05) is 76.8 Å². The van der Waals surface area contributed by atoms with E-state index in [9.17, 15) is 9.59 Å². The molecular weight excluding hydrogens is 649 g/mol. The number of pyridine rings is 2. The van der Waals surface area contributed by atoms with Gasteiger partial charge in [-0.2, -0.15) is 0 Å². The van der Waals surface area contributed by atoms with Crippen molar-refractivity contribution in [1.82, 2.24) is 30.4 Å². The standard InChI is InChI=1S/C21H34N4O.C21H32N4O/c2*1-16(2)23-21(26)15-24-8-10-25(11-9-24)20-12-19(13-22-14-20)18-6-4-17(3)5-7-18/h12-14,16-18H,4-11,15H2,1-3H3,(H,23,26);6,12-14,16-17H,4-5,7-11,15H2,1-3H3,(H,23,26). The molecule has 286 valence electrons. The van der Waals surface area contributed by atoms with Crippen LogP contribution in [0.25, 0.3) is 5.57 Å². The smallest absolute Gasteiger partial charge is 0.234 e. The third kappa shape index (κ3) is 12.3. The van der Waals surface area contributed by atoms with Gasteiger partial charge in [0.1, 0.15) is 0 Å². The molecule has 2 amide bonds. The fourth-order valence-electron chi connectivity index (χ4n) is 7.91. The first kappa shape index (κ1) is 39.7. The lowest BCUT2D eigenvalue weighted by Crippen LogP contribution is -2.50. The normalized spacial score (nSPS) is 23.2. The van der Waals surface area contributed by atoms with Crippen LogP contribution in [0.4, 0.5) is 11.4 Å². The van der Waals surface area contributed by atoms with Crippen LogP contribution in [0.2, 0.25) is 0 Å². The Morgan fingerprint density at radius 1 is 0.673 bits per heavy atom. The zero-order valence-electron chi connectivity index (χ0n) is 32.9. The predicted octanol–water partition coefficient (Wildman–Crippen LogP) is 5.95. The number of aromatic nitrogens is 2. The van der Waals surface area contributed by atoms with Gasteiger partial charge < -0.3 is 20.4 Å². The van der Waals surface area contributed by atoms with Crippen molar-refractivity contribution >= 4 is 28.8 Å². The molecule has 4 heterocycles. The highest BCUT2D eigenvalue weighted by Crippen LogP contribution is 2.36. The van der Waals surface area contributed by atoms with E-state index < -0.39 is 0 Å². The number of rotatable bonds is 10. The zero-order chi connectivity index (χ0) is 37.0. The molecule has 0 bridgehead atoms. The molecule has 1 atom stereocenters. The Balaban J connectivity index is 0.000000201. The molecule has 1 unspecified atom stereocenters. The molecule has 2 saturated heterocycles. The van der Waals surface area contributed by atoms with E-state index in [2.05, 4.69) is 78.5 Å². The van der Waals surface area contributed by atoms with E-state index in [-0.39, 0.29) is 23.9 Å². The van der Waals surface area contributed by atoms with Gasteiger partial charge in [-0.1, -0.05) is 32.8 Å². The Labute approximate surface area is 313 Å². The highest BCUT2D eigenvalue weighted by atomic mass is 16.2. The maximum absolute atomic E-state index is 11.9. The summed E-state index contributed by atoms with van der Waals surface area (Å²) >= 11 is 0. The Kier molecular flexibility index (Phi) is 14.9. The molecule has 0 spiro atoms. The van der Waals surface area contributed by atoms with Crippen molar-refractivity contribution in [2.45, 2.75) is 104 Å². The maximum atomic E-state index is 11.9. The number of amides is 2. The molecule has 6 rings (SSSR count). The van der Waals surface area contributed by atoms with Crippen molar-refractivity contribution in [2.75, 3.05) is 75.2 Å². The molecule has 10 nitrogen and oxygen atoms in total. The summed E-state index contributed by atoms with van der Waals surface area (Å²) < 4.78 is 0. The number of nitrogens with zero attached hydrogens (tertiary/aromatic N) is 6. The molecule has 2 aromatic rings. The Hall–Kier alpha value is -3.50. The first-order valence-corrected chi connectivity index (χ1v) is 20.1. The fourth-order valence-corrected chi connectivity index (χ4v) is 7.91. The van der Waals surface area contributed by atoms with Gasteiger partial charge in [0.15, 0.2) is 0 Å². The summed E-state index contributed by atoms with van der Waals surface area (Å²) in [5.74, 6) is 2.61. The summed E-state index contributed by atoms with van der Waals surface area (Å²) in [7, 11) is 0. The molecule has 2 aliphatic carbocycles. The molecule has 52 heavy (non-hydrogen) atoms. The van der Waals surface area contributed by atoms with Crippen LogP contribution < -0.4 is 20.4 Å². The lowest BCUT2D eigenvalue weighted by Gasteiger charge is -2.36. The third-order valence-electron chi connectivity index (χ3n) is 11.1. The van der Waals surface area contributed by atoms with E-state index in [4.69, 9.17) is 0 Å². The zero-order valence-corrected chi connectivity index (χ0v) is 32.9. The second-order valence-corrected chi connectivity index (χ2v) is 16.4. The summed E-state index contributed by atoms with van der Waals surface area (Å²) in [4.78, 5) is 42.2. The molecule has 2 N–H and O–H groups in total. The van der Waals surface area contributed by atoms with Crippen molar-refractivity contribution in [2.24, 2.45) is 11.8 Å². The van der Waals surface area contributed by atoms with Crippen LogP contribution in [-0.4, -0.2) is 109 Å². The van der Waals surface area contributed by atoms with E-state index in [1.54, 1.807) is 0 Å². The van der Waals surface area contributed by atoms with Crippen LogP contribution in [0.1, 0.15) is 104 Å². The predicted molar refractivity (Wildman–Crippen MR) is 214 cm³/mol. The minimum absolute atomic E-state index is 0.121. The third-order valence-corrected chi connectivity index (χ3v) is 11.1. The van der Waals surface area contributed by atoms with E-state index in [0.29, 0.717) is 19.0 Å². The van der Waals surface area contributed by atoms with Crippen LogP contribution in [0.15, 0.2) is 43.0 Å². The number of nitrogens with one attached hydrogen (secondary N) is 2. The number of carbonyl (C=O) groups is 2. The van der Waals surface area contributed by atoms with E-state index >= 15 is 0 Å². The van der Waals surface area contributed by atoms with E-state index in [1.807, 2.05) is 46.3 Å². The highest BCUT2D eigenvalue weighted by Gasteiger charge is 2.24.